The molecule has 0 aromatic carbocycles. The highest BCUT2D eigenvalue weighted by atomic mass is 16.2. The fourth-order valence-electron chi connectivity index (χ4n) is 1.21. The highest BCUT2D eigenvalue weighted by Gasteiger charge is 2.21. The Morgan fingerprint density at radius 2 is 1.81 bits per heavy atom. The van der Waals surface area contributed by atoms with Gasteiger partial charge in [-0.1, -0.05) is 20.8 Å². The number of amides is 1. The Labute approximate surface area is 100 Å². The molecule has 0 aromatic rings. The van der Waals surface area contributed by atoms with Crippen molar-refractivity contribution in [1.29, 1.82) is 0 Å². The predicted molar refractivity (Wildman–Crippen MR) is 69.4 cm³/mol. The van der Waals surface area contributed by atoms with Crippen LogP contribution in [0.2, 0.25) is 0 Å². The number of carbonyl (C=O) groups excluding carboxylic acids is 1. The zero-order valence-electron chi connectivity index (χ0n) is 11.7. The molecule has 96 valence electrons. The molecule has 1 unspecified atom stereocenters. The lowest BCUT2D eigenvalue weighted by Crippen LogP contribution is -2.50. The van der Waals surface area contributed by atoms with Gasteiger partial charge in [0.1, 0.15) is 0 Å². The highest BCUT2D eigenvalue weighted by Crippen LogP contribution is 2.07. The Hall–Kier alpha value is -0.570. The first-order valence-electron chi connectivity index (χ1n) is 6.34. The van der Waals surface area contributed by atoms with Crippen LogP contribution in [0.3, 0.4) is 0 Å². The van der Waals surface area contributed by atoms with Crippen LogP contribution in [-0.4, -0.2) is 24.0 Å². The molecular formula is C13H28N2O. The number of rotatable bonds is 7. The van der Waals surface area contributed by atoms with Gasteiger partial charge in [-0.15, -0.1) is 0 Å². The van der Waals surface area contributed by atoms with Gasteiger partial charge in [0, 0.05) is 5.54 Å². The Bertz CT molecular complexity index is 212. The van der Waals surface area contributed by atoms with Crippen LogP contribution >= 0.6 is 0 Å². The lowest BCUT2D eigenvalue weighted by molar-refractivity contribution is -0.124. The van der Waals surface area contributed by atoms with Crippen molar-refractivity contribution in [3.63, 3.8) is 0 Å². The van der Waals surface area contributed by atoms with Gasteiger partial charge in [-0.2, -0.15) is 0 Å². The zero-order chi connectivity index (χ0) is 12.8. The maximum atomic E-state index is 11.8. The summed E-state index contributed by atoms with van der Waals surface area (Å²) >= 11 is 0. The van der Waals surface area contributed by atoms with E-state index in [9.17, 15) is 4.79 Å². The first-order valence-corrected chi connectivity index (χ1v) is 6.34. The van der Waals surface area contributed by atoms with Gasteiger partial charge in [-0.3, -0.25) is 4.79 Å². The monoisotopic (exact) mass is 228 g/mol. The van der Waals surface area contributed by atoms with Crippen molar-refractivity contribution in [3.05, 3.63) is 0 Å². The van der Waals surface area contributed by atoms with E-state index >= 15 is 0 Å². The van der Waals surface area contributed by atoms with E-state index in [1.54, 1.807) is 0 Å². The van der Waals surface area contributed by atoms with Crippen molar-refractivity contribution < 1.29 is 4.79 Å². The average Bonchev–Trinajstić information content (AvgIpc) is 2.16. The van der Waals surface area contributed by atoms with E-state index in [4.69, 9.17) is 0 Å². The van der Waals surface area contributed by atoms with Crippen LogP contribution in [0.15, 0.2) is 0 Å². The molecule has 0 bridgehead atoms. The molecule has 16 heavy (non-hydrogen) atoms. The maximum Gasteiger partial charge on any atom is 0.237 e. The van der Waals surface area contributed by atoms with E-state index in [2.05, 4.69) is 31.4 Å². The summed E-state index contributed by atoms with van der Waals surface area (Å²) in [5.74, 6) is 0.769. The Morgan fingerprint density at radius 3 is 2.25 bits per heavy atom. The molecule has 1 amide bonds. The van der Waals surface area contributed by atoms with Crippen LogP contribution in [0.4, 0.5) is 0 Å². The Morgan fingerprint density at radius 1 is 1.25 bits per heavy atom. The number of hydrogen-bond donors (Lipinski definition) is 2. The lowest BCUT2D eigenvalue weighted by Gasteiger charge is -2.26. The van der Waals surface area contributed by atoms with Gasteiger partial charge in [-0.25, -0.2) is 0 Å². The number of carbonyl (C=O) groups is 1. The summed E-state index contributed by atoms with van der Waals surface area (Å²) in [6.45, 7) is 13.4. The molecule has 0 spiro atoms. The molecule has 0 fully saturated rings. The summed E-state index contributed by atoms with van der Waals surface area (Å²) in [6.07, 6.45) is 2.05. The largest absolute Gasteiger partial charge is 0.350 e. The van der Waals surface area contributed by atoms with Gasteiger partial charge in [0.05, 0.1) is 6.04 Å². The summed E-state index contributed by atoms with van der Waals surface area (Å²) < 4.78 is 0. The molecule has 3 nitrogen and oxygen atoms in total. The van der Waals surface area contributed by atoms with Gasteiger partial charge >= 0.3 is 0 Å². The molecule has 0 aliphatic rings. The first kappa shape index (κ1) is 15.4. The number of hydrogen-bond acceptors (Lipinski definition) is 2. The minimum absolute atomic E-state index is 0.0932. The van der Waals surface area contributed by atoms with E-state index in [0.29, 0.717) is 5.92 Å². The molecule has 0 saturated carbocycles. The molecule has 1 atom stereocenters. The second kappa shape index (κ2) is 6.89. The van der Waals surface area contributed by atoms with Gasteiger partial charge < -0.3 is 10.6 Å². The quantitative estimate of drug-likeness (QED) is 0.702. The van der Waals surface area contributed by atoms with E-state index < -0.39 is 0 Å². The molecule has 0 aliphatic carbocycles. The molecule has 0 aliphatic heterocycles. The van der Waals surface area contributed by atoms with E-state index in [0.717, 1.165) is 19.4 Å². The zero-order valence-corrected chi connectivity index (χ0v) is 11.7. The van der Waals surface area contributed by atoms with Gasteiger partial charge in [-0.05, 0) is 46.1 Å². The number of nitrogens with one attached hydrogen (secondary N) is 2. The minimum atomic E-state index is -0.107. The van der Waals surface area contributed by atoms with Crippen LogP contribution in [0.1, 0.15) is 54.4 Å². The van der Waals surface area contributed by atoms with Crippen molar-refractivity contribution in [2.45, 2.75) is 66.0 Å². The molecule has 0 rings (SSSR count). The fraction of sp³-hybridized carbons (Fsp3) is 0.923. The van der Waals surface area contributed by atoms with Crippen molar-refractivity contribution >= 4 is 5.91 Å². The third kappa shape index (κ3) is 6.83. The average molecular weight is 228 g/mol. The Balaban J connectivity index is 3.91. The SMILES string of the molecule is CCC(C)(C)NC(=O)C(C)NCCC(C)C. The van der Waals surface area contributed by atoms with E-state index in [-0.39, 0.29) is 17.5 Å². The van der Waals surface area contributed by atoms with Crippen LogP contribution < -0.4 is 10.6 Å². The standard InChI is InChI=1S/C13H28N2O/c1-7-13(5,6)15-12(16)11(4)14-9-8-10(2)3/h10-11,14H,7-9H2,1-6H3,(H,15,16). The molecule has 3 heteroatoms. The fourth-order valence-corrected chi connectivity index (χ4v) is 1.21. The third-order valence-electron chi connectivity index (χ3n) is 2.91. The summed E-state index contributed by atoms with van der Waals surface area (Å²) in [5, 5.41) is 6.29. The van der Waals surface area contributed by atoms with Crippen molar-refractivity contribution in [1.82, 2.24) is 10.6 Å². The summed E-state index contributed by atoms with van der Waals surface area (Å²) in [4.78, 5) is 11.8. The molecule has 0 saturated heterocycles. The molecule has 2 N–H and O–H groups in total. The maximum absolute atomic E-state index is 11.8. The van der Waals surface area contributed by atoms with Crippen LogP contribution in [0.5, 0.6) is 0 Å². The smallest absolute Gasteiger partial charge is 0.237 e. The molecular weight excluding hydrogens is 200 g/mol. The van der Waals surface area contributed by atoms with Crippen LogP contribution in [0, 0.1) is 5.92 Å². The van der Waals surface area contributed by atoms with Gasteiger partial charge in [0.25, 0.3) is 0 Å². The predicted octanol–water partition coefficient (Wildman–Crippen LogP) is 2.32. The Kier molecular flexibility index (Phi) is 6.65. The van der Waals surface area contributed by atoms with Crippen molar-refractivity contribution in [3.8, 4) is 0 Å². The van der Waals surface area contributed by atoms with E-state index in [1.807, 2.05) is 20.8 Å². The molecule has 0 aromatic heterocycles. The first-order chi connectivity index (χ1) is 7.28. The molecule has 0 heterocycles. The minimum Gasteiger partial charge on any atom is -0.350 e. The second-order valence-electron chi connectivity index (χ2n) is 5.59. The van der Waals surface area contributed by atoms with Crippen molar-refractivity contribution in [2.75, 3.05) is 6.54 Å². The van der Waals surface area contributed by atoms with Gasteiger partial charge in [0.2, 0.25) is 5.91 Å². The van der Waals surface area contributed by atoms with E-state index in [1.165, 1.54) is 0 Å². The van der Waals surface area contributed by atoms with Crippen molar-refractivity contribution in [2.24, 2.45) is 5.92 Å². The highest BCUT2D eigenvalue weighted by molar-refractivity contribution is 5.81. The second-order valence-corrected chi connectivity index (χ2v) is 5.59. The normalized spacial score (nSPS) is 13.9. The topological polar surface area (TPSA) is 41.1 Å². The summed E-state index contributed by atoms with van der Waals surface area (Å²) in [6, 6.07) is -0.107. The lowest BCUT2D eigenvalue weighted by atomic mass is 10.0. The summed E-state index contributed by atoms with van der Waals surface area (Å²) in [5.41, 5.74) is -0.106. The molecule has 0 radical (unpaired) electrons. The summed E-state index contributed by atoms with van der Waals surface area (Å²) in [7, 11) is 0. The third-order valence-corrected chi connectivity index (χ3v) is 2.91. The van der Waals surface area contributed by atoms with Crippen LogP contribution in [0.25, 0.3) is 0 Å². The van der Waals surface area contributed by atoms with Gasteiger partial charge in [0.15, 0.2) is 0 Å². The van der Waals surface area contributed by atoms with Crippen LogP contribution in [-0.2, 0) is 4.79 Å².